The van der Waals surface area contributed by atoms with Crippen LogP contribution in [0.3, 0.4) is 0 Å². The van der Waals surface area contributed by atoms with Crippen LogP contribution in [-0.2, 0) is 0 Å². The molecule has 2 aromatic heterocycles. The summed E-state index contributed by atoms with van der Waals surface area (Å²) in [4.78, 5) is 24.9. The van der Waals surface area contributed by atoms with Crippen LogP contribution in [0.4, 0.5) is 5.69 Å². The minimum Gasteiger partial charge on any atom is -0.490 e. The molecule has 6 heteroatoms. The van der Waals surface area contributed by atoms with E-state index in [0.717, 1.165) is 35.5 Å². The molecule has 5 rings (SSSR count). The average molecular weight is 412 g/mol. The minimum absolute atomic E-state index is 0.215. The number of nitrogens with zero attached hydrogens (tertiary/aromatic N) is 2. The van der Waals surface area contributed by atoms with Gasteiger partial charge in [-0.3, -0.25) is 9.78 Å². The van der Waals surface area contributed by atoms with E-state index in [4.69, 9.17) is 9.72 Å². The summed E-state index contributed by atoms with van der Waals surface area (Å²) in [6.07, 6.45) is 9.69. The number of aromatic amines is 1. The summed E-state index contributed by atoms with van der Waals surface area (Å²) >= 11 is 0. The van der Waals surface area contributed by atoms with Crippen molar-refractivity contribution in [2.45, 2.75) is 38.2 Å². The highest BCUT2D eigenvalue weighted by Gasteiger charge is 2.16. The maximum Gasteiger partial charge on any atom is 0.257 e. The molecule has 4 aromatic rings. The predicted octanol–water partition coefficient (Wildman–Crippen LogP) is 5.59. The number of aromatic nitrogens is 3. The number of para-hydroxylation sites is 1. The maximum atomic E-state index is 12.8. The quantitative estimate of drug-likeness (QED) is 0.448. The van der Waals surface area contributed by atoms with Crippen LogP contribution >= 0.6 is 0 Å². The standard InChI is InChI=1S/C25H24N4O2/c30-25(27-18-6-5-15-26-16-18)21-9-4-10-22-23(21)29-24(28-22)17-11-13-20(14-12-17)31-19-7-2-1-3-8-19/h4-6,9-16,19H,1-3,7-8H2,(H,27,30)(H,28,29). The number of rotatable bonds is 5. The second-order valence-electron chi connectivity index (χ2n) is 7.89. The smallest absolute Gasteiger partial charge is 0.257 e. The van der Waals surface area contributed by atoms with Crippen LogP contribution in [0.2, 0.25) is 0 Å². The van der Waals surface area contributed by atoms with Crippen molar-refractivity contribution in [1.82, 2.24) is 15.0 Å². The molecule has 156 valence electrons. The molecular formula is C25H24N4O2. The Labute approximate surface area is 180 Å². The summed E-state index contributed by atoms with van der Waals surface area (Å²) in [5.74, 6) is 1.40. The number of nitrogens with one attached hydrogen (secondary N) is 2. The van der Waals surface area contributed by atoms with Gasteiger partial charge in [-0.25, -0.2) is 4.98 Å². The third-order valence-corrected chi connectivity index (χ3v) is 5.66. The van der Waals surface area contributed by atoms with E-state index in [1.807, 2.05) is 36.4 Å². The van der Waals surface area contributed by atoms with Gasteiger partial charge in [0.25, 0.3) is 5.91 Å². The topological polar surface area (TPSA) is 79.9 Å². The lowest BCUT2D eigenvalue weighted by Gasteiger charge is -2.23. The van der Waals surface area contributed by atoms with E-state index < -0.39 is 0 Å². The van der Waals surface area contributed by atoms with Crippen molar-refractivity contribution in [2.24, 2.45) is 0 Å². The van der Waals surface area contributed by atoms with Crippen molar-refractivity contribution in [3.8, 4) is 17.1 Å². The Hall–Kier alpha value is -3.67. The molecule has 1 fully saturated rings. The molecule has 0 spiro atoms. The summed E-state index contributed by atoms with van der Waals surface area (Å²) < 4.78 is 6.12. The lowest BCUT2D eigenvalue weighted by molar-refractivity contribution is 0.102. The normalized spacial score (nSPS) is 14.5. The number of carbonyl (C=O) groups is 1. The van der Waals surface area contributed by atoms with Crippen LogP contribution < -0.4 is 10.1 Å². The van der Waals surface area contributed by atoms with Crippen LogP contribution in [0.25, 0.3) is 22.4 Å². The van der Waals surface area contributed by atoms with Gasteiger partial charge in [-0.2, -0.15) is 0 Å². The largest absolute Gasteiger partial charge is 0.490 e. The zero-order valence-electron chi connectivity index (χ0n) is 17.2. The molecular weight excluding hydrogens is 388 g/mol. The fourth-order valence-electron chi connectivity index (χ4n) is 4.05. The lowest BCUT2D eigenvalue weighted by atomic mass is 9.98. The minimum atomic E-state index is -0.215. The number of hydrogen-bond acceptors (Lipinski definition) is 4. The Morgan fingerprint density at radius 1 is 1.00 bits per heavy atom. The molecule has 0 radical (unpaired) electrons. The molecule has 0 bridgehead atoms. The monoisotopic (exact) mass is 412 g/mol. The summed E-state index contributed by atoms with van der Waals surface area (Å²) in [5.41, 5.74) is 3.57. The Morgan fingerprint density at radius 2 is 1.84 bits per heavy atom. The highest BCUT2D eigenvalue weighted by molar-refractivity contribution is 6.11. The molecule has 2 N–H and O–H groups in total. The molecule has 0 unspecified atom stereocenters. The number of fused-ring (bicyclic) bond motifs is 1. The Balaban J connectivity index is 1.37. The van der Waals surface area contributed by atoms with Gasteiger partial charge < -0.3 is 15.0 Å². The number of hydrogen-bond donors (Lipinski definition) is 2. The van der Waals surface area contributed by atoms with Crippen molar-refractivity contribution < 1.29 is 9.53 Å². The maximum absolute atomic E-state index is 12.8. The number of benzene rings is 2. The van der Waals surface area contributed by atoms with Crippen LogP contribution in [-0.4, -0.2) is 27.0 Å². The number of H-pyrrole nitrogens is 1. The number of imidazole rings is 1. The van der Waals surface area contributed by atoms with Crippen LogP contribution in [0, 0.1) is 0 Å². The highest BCUT2D eigenvalue weighted by Crippen LogP contribution is 2.27. The fourth-order valence-corrected chi connectivity index (χ4v) is 4.05. The Kier molecular flexibility index (Phi) is 5.35. The predicted molar refractivity (Wildman–Crippen MR) is 121 cm³/mol. The van der Waals surface area contributed by atoms with E-state index in [2.05, 4.69) is 15.3 Å². The Morgan fingerprint density at radius 3 is 2.61 bits per heavy atom. The number of anilines is 1. The SMILES string of the molecule is O=C(Nc1cccnc1)c1cccc2[nH]c(-c3ccc(OC4CCCCC4)cc3)nc12. The van der Waals surface area contributed by atoms with Gasteiger partial charge in [-0.1, -0.05) is 12.5 Å². The molecule has 6 nitrogen and oxygen atoms in total. The van der Waals surface area contributed by atoms with Gasteiger partial charge in [0, 0.05) is 11.8 Å². The van der Waals surface area contributed by atoms with E-state index >= 15 is 0 Å². The summed E-state index contributed by atoms with van der Waals surface area (Å²) in [6.45, 7) is 0. The van der Waals surface area contributed by atoms with Crippen molar-refractivity contribution in [2.75, 3.05) is 5.32 Å². The van der Waals surface area contributed by atoms with Crippen LogP contribution in [0.5, 0.6) is 5.75 Å². The van der Waals surface area contributed by atoms with E-state index in [0.29, 0.717) is 22.9 Å². The third-order valence-electron chi connectivity index (χ3n) is 5.66. The first kappa shape index (κ1) is 19.3. The third kappa shape index (κ3) is 4.28. The number of carbonyl (C=O) groups excluding carboxylic acids is 1. The number of amides is 1. The first-order chi connectivity index (χ1) is 15.3. The van der Waals surface area contributed by atoms with E-state index in [-0.39, 0.29) is 5.91 Å². The molecule has 2 heterocycles. The zero-order valence-corrected chi connectivity index (χ0v) is 17.2. The van der Waals surface area contributed by atoms with Gasteiger partial charge in [0.2, 0.25) is 0 Å². The highest BCUT2D eigenvalue weighted by atomic mass is 16.5. The second-order valence-corrected chi connectivity index (χ2v) is 7.89. The number of pyridine rings is 1. The van der Waals surface area contributed by atoms with Crippen LogP contribution in [0.1, 0.15) is 42.5 Å². The van der Waals surface area contributed by atoms with E-state index in [1.165, 1.54) is 19.3 Å². The summed E-state index contributed by atoms with van der Waals surface area (Å²) in [6, 6.07) is 17.1. The molecule has 31 heavy (non-hydrogen) atoms. The zero-order chi connectivity index (χ0) is 21.0. The number of ether oxygens (including phenoxy) is 1. The van der Waals surface area contributed by atoms with Gasteiger partial charge in [0.05, 0.1) is 29.1 Å². The fraction of sp³-hybridized carbons (Fsp3) is 0.240. The molecule has 1 aliphatic carbocycles. The summed E-state index contributed by atoms with van der Waals surface area (Å²) in [7, 11) is 0. The second kappa shape index (κ2) is 8.60. The lowest BCUT2D eigenvalue weighted by Crippen LogP contribution is -2.19. The molecule has 1 amide bonds. The molecule has 0 saturated heterocycles. The molecule has 1 saturated carbocycles. The van der Waals surface area contributed by atoms with Crippen molar-refractivity contribution in [1.29, 1.82) is 0 Å². The van der Waals surface area contributed by atoms with Gasteiger partial charge >= 0.3 is 0 Å². The van der Waals surface area contributed by atoms with E-state index in [9.17, 15) is 4.79 Å². The van der Waals surface area contributed by atoms with Crippen LogP contribution in [0.15, 0.2) is 67.0 Å². The first-order valence-electron chi connectivity index (χ1n) is 10.7. The average Bonchev–Trinajstić information content (AvgIpc) is 3.25. The van der Waals surface area contributed by atoms with E-state index in [1.54, 1.807) is 30.6 Å². The first-order valence-corrected chi connectivity index (χ1v) is 10.7. The van der Waals surface area contributed by atoms with Gasteiger partial charge in [-0.15, -0.1) is 0 Å². The molecule has 0 atom stereocenters. The van der Waals surface area contributed by atoms with Gasteiger partial charge in [-0.05, 0) is 74.2 Å². The van der Waals surface area contributed by atoms with Gasteiger partial charge in [0.1, 0.15) is 17.1 Å². The molecule has 2 aromatic carbocycles. The molecule has 1 aliphatic rings. The van der Waals surface area contributed by atoms with Crippen molar-refractivity contribution in [3.63, 3.8) is 0 Å². The Bertz CT molecular complexity index is 1180. The molecule has 0 aliphatic heterocycles. The van der Waals surface area contributed by atoms with Crippen molar-refractivity contribution >= 4 is 22.6 Å². The summed E-state index contributed by atoms with van der Waals surface area (Å²) in [5, 5.41) is 2.87. The van der Waals surface area contributed by atoms with Crippen molar-refractivity contribution in [3.05, 3.63) is 72.6 Å². The van der Waals surface area contributed by atoms with Gasteiger partial charge in [0.15, 0.2) is 0 Å².